The zero-order valence-corrected chi connectivity index (χ0v) is 23.3. The van der Waals surface area contributed by atoms with Crippen molar-refractivity contribution in [1.29, 1.82) is 5.26 Å². The molecule has 1 atom stereocenters. The molecule has 10 nitrogen and oxygen atoms in total. The number of aromatic hydroxyl groups is 1. The molecule has 2 aromatic carbocycles. The molecule has 1 unspecified atom stereocenters. The van der Waals surface area contributed by atoms with E-state index in [4.69, 9.17) is 9.47 Å². The third-order valence-electron chi connectivity index (χ3n) is 6.25. The van der Waals surface area contributed by atoms with E-state index in [2.05, 4.69) is 9.97 Å². The molecule has 0 aliphatic carbocycles. The number of benzene rings is 2. The Hall–Kier alpha value is -4.44. The highest BCUT2D eigenvalue weighted by atomic mass is 32.2. The molecule has 0 aliphatic rings. The molecular weight excluding hydrogens is 551 g/mol. The van der Waals surface area contributed by atoms with Crippen LogP contribution in [0.3, 0.4) is 0 Å². The molecule has 0 saturated heterocycles. The van der Waals surface area contributed by atoms with E-state index in [9.17, 15) is 23.6 Å². The second-order valence-corrected chi connectivity index (χ2v) is 11.2. The van der Waals surface area contributed by atoms with Crippen LogP contribution in [-0.4, -0.2) is 47.9 Å². The summed E-state index contributed by atoms with van der Waals surface area (Å²) in [7, 11) is -3.34. The van der Waals surface area contributed by atoms with E-state index in [0.717, 1.165) is 12.1 Å². The first-order valence-electron chi connectivity index (χ1n) is 12.5. The van der Waals surface area contributed by atoms with Gasteiger partial charge in [0.25, 0.3) is 5.56 Å². The van der Waals surface area contributed by atoms with Crippen LogP contribution in [0.4, 0.5) is 4.39 Å². The molecule has 4 aromatic rings. The number of aromatic nitrogens is 3. The summed E-state index contributed by atoms with van der Waals surface area (Å²) in [5.41, 5.74) is -0.305. The van der Waals surface area contributed by atoms with E-state index in [-0.39, 0.29) is 41.8 Å². The largest absolute Gasteiger partial charge is 0.493 e. The number of hydrogen-bond acceptors (Lipinski definition) is 9. The number of ether oxygens (including phenoxy) is 2. The summed E-state index contributed by atoms with van der Waals surface area (Å²) in [6.07, 6.45) is 2.38. The van der Waals surface area contributed by atoms with Crippen molar-refractivity contribution in [3.8, 4) is 23.1 Å². The van der Waals surface area contributed by atoms with Crippen molar-refractivity contribution in [3.63, 3.8) is 0 Å². The predicted molar refractivity (Wildman–Crippen MR) is 146 cm³/mol. The topological polar surface area (TPSA) is 144 Å². The van der Waals surface area contributed by atoms with Crippen LogP contribution in [0.2, 0.25) is 0 Å². The van der Waals surface area contributed by atoms with Crippen LogP contribution in [0.1, 0.15) is 36.8 Å². The van der Waals surface area contributed by atoms with Crippen molar-refractivity contribution in [3.05, 3.63) is 100 Å². The van der Waals surface area contributed by atoms with Gasteiger partial charge in [-0.3, -0.25) is 14.3 Å². The number of nitrogens with zero attached hydrogens (tertiary/aromatic N) is 4. The minimum Gasteiger partial charge on any atom is -0.493 e. The highest BCUT2D eigenvalue weighted by Crippen LogP contribution is 2.34. The van der Waals surface area contributed by atoms with Gasteiger partial charge in [0.15, 0.2) is 4.90 Å². The average Bonchev–Trinajstić information content (AvgIpc) is 2.95. The molecular formula is C29H27FN4O6S. The standard InChI is InChI=1S/C29H27FN4O6S/c1-18(2)40-17-26-33-28(35)27(29(36)34(26)25(16-39-3)19-7-5-4-6-8-19)41(37,38)21-9-10-23(24(30)13-21)22-11-12-32-15-20(22)14-31/h4-13,15,18,25,36H,16-17H2,1-3H3. The molecule has 2 heterocycles. The van der Waals surface area contributed by atoms with Gasteiger partial charge in [0.05, 0.1) is 29.2 Å². The maximum atomic E-state index is 15.3. The van der Waals surface area contributed by atoms with Crippen LogP contribution in [0.25, 0.3) is 11.1 Å². The molecule has 12 heteroatoms. The van der Waals surface area contributed by atoms with E-state index in [0.29, 0.717) is 5.56 Å². The molecule has 0 fully saturated rings. The zero-order valence-electron chi connectivity index (χ0n) is 22.5. The van der Waals surface area contributed by atoms with Gasteiger partial charge in [0, 0.05) is 30.6 Å². The monoisotopic (exact) mass is 578 g/mol. The van der Waals surface area contributed by atoms with E-state index >= 15 is 4.39 Å². The fraction of sp³-hybridized carbons (Fsp3) is 0.241. The smallest absolute Gasteiger partial charge is 0.296 e. The molecule has 41 heavy (non-hydrogen) atoms. The fourth-order valence-electron chi connectivity index (χ4n) is 4.33. The summed E-state index contributed by atoms with van der Waals surface area (Å²) in [6, 6.07) is 14.4. The molecule has 0 amide bonds. The molecule has 0 saturated carbocycles. The second kappa shape index (κ2) is 12.4. The molecule has 0 bridgehead atoms. The minimum atomic E-state index is -4.78. The Labute approximate surface area is 236 Å². The van der Waals surface area contributed by atoms with Crippen molar-refractivity contribution in [2.45, 2.75) is 42.4 Å². The number of sulfone groups is 1. The van der Waals surface area contributed by atoms with Gasteiger partial charge in [0.2, 0.25) is 15.7 Å². The first-order valence-corrected chi connectivity index (χ1v) is 14.0. The highest BCUT2D eigenvalue weighted by Gasteiger charge is 2.33. The number of hydrogen-bond donors (Lipinski definition) is 1. The van der Waals surface area contributed by atoms with E-state index in [1.807, 2.05) is 6.07 Å². The molecule has 0 radical (unpaired) electrons. The second-order valence-electron chi connectivity index (χ2n) is 9.28. The summed E-state index contributed by atoms with van der Waals surface area (Å²) in [6.45, 7) is 3.33. The normalized spacial score (nSPS) is 12.3. The van der Waals surface area contributed by atoms with Gasteiger partial charge in [0.1, 0.15) is 24.3 Å². The summed E-state index contributed by atoms with van der Waals surface area (Å²) in [4.78, 5) is 19.4. The van der Waals surface area contributed by atoms with Crippen LogP contribution in [-0.2, 0) is 25.9 Å². The lowest BCUT2D eigenvalue weighted by Gasteiger charge is -2.26. The van der Waals surface area contributed by atoms with Crippen LogP contribution in [0, 0.1) is 17.1 Å². The predicted octanol–water partition coefficient (Wildman–Crippen LogP) is 4.02. The molecule has 0 spiro atoms. The number of pyridine rings is 1. The highest BCUT2D eigenvalue weighted by molar-refractivity contribution is 7.91. The molecule has 2 aromatic heterocycles. The quantitative estimate of drug-likeness (QED) is 0.295. The van der Waals surface area contributed by atoms with E-state index in [1.165, 1.54) is 36.2 Å². The van der Waals surface area contributed by atoms with Crippen molar-refractivity contribution >= 4 is 9.84 Å². The summed E-state index contributed by atoms with van der Waals surface area (Å²) >= 11 is 0. The number of halogens is 1. The zero-order chi connectivity index (χ0) is 29.7. The first kappa shape index (κ1) is 29.5. The van der Waals surface area contributed by atoms with Crippen molar-refractivity contribution in [2.75, 3.05) is 13.7 Å². The molecule has 1 N–H and O–H groups in total. The Kier molecular flexibility index (Phi) is 8.92. The van der Waals surface area contributed by atoms with Crippen molar-refractivity contribution in [2.24, 2.45) is 0 Å². The van der Waals surface area contributed by atoms with Gasteiger partial charge in [-0.2, -0.15) is 10.2 Å². The minimum absolute atomic E-state index is 0.00717. The summed E-state index contributed by atoms with van der Waals surface area (Å²) in [5.74, 6) is -1.86. The van der Waals surface area contributed by atoms with Gasteiger partial charge in [-0.1, -0.05) is 36.4 Å². The lowest BCUT2D eigenvalue weighted by molar-refractivity contribution is 0.0554. The summed E-state index contributed by atoms with van der Waals surface area (Å²) in [5, 5.41) is 20.8. The average molecular weight is 579 g/mol. The van der Waals surface area contributed by atoms with Crippen molar-refractivity contribution in [1.82, 2.24) is 14.5 Å². The maximum Gasteiger partial charge on any atom is 0.296 e. The third kappa shape index (κ3) is 6.02. The van der Waals surface area contributed by atoms with Crippen LogP contribution >= 0.6 is 0 Å². The van der Waals surface area contributed by atoms with Gasteiger partial charge in [-0.25, -0.2) is 12.8 Å². The van der Waals surface area contributed by atoms with Gasteiger partial charge >= 0.3 is 0 Å². The summed E-state index contributed by atoms with van der Waals surface area (Å²) < 4.78 is 55.0. The van der Waals surface area contributed by atoms with Crippen LogP contribution in [0.15, 0.2) is 81.6 Å². The molecule has 212 valence electrons. The van der Waals surface area contributed by atoms with Gasteiger partial charge in [-0.15, -0.1) is 0 Å². The Bertz CT molecular complexity index is 1770. The number of nitriles is 1. The van der Waals surface area contributed by atoms with Gasteiger partial charge in [-0.05, 0) is 37.6 Å². The van der Waals surface area contributed by atoms with Gasteiger partial charge < -0.3 is 14.6 Å². The lowest BCUT2D eigenvalue weighted by Crippen LogP contribution is -2.29. The van der Waals surface area contributed by atoms with E-state index in [1.54, 1.807) is 44.2 Å². The van der Waals surface area contributed by atoms with Crippen LogP contribution < -0.4 is 5.56 Å². The Balaban J connectivity index is 1.91. The number of rotatable bonds is 10. The fourth-order valence-corrected chi connectivity index (χ4v) is 5.68. The Morgan fingerprint density at radius 3 is 2.49 bits per heavy atom. The Morgan fingerprint density at radius 2 is 1.85 bits per heavy atom. The lowest BCUT2D eigenvalue weighted by atomic mass is 10.0. The van der Waals surface area contributed by atoms with Crippen LogP contribution in [0.5, 0.6) is 5.88 Å². The first-order chi connectivity index (χ1) is 19.6. The third-order valence-corrected chi connectivity index (χ3v) is 8.02. The molecule has 0 aliphatic heterocycles. The maximum absolute atomic E-state index is 15.3. The Morgan fingerprint density at radius 1 is 1.12 bits per heavy atom. The number of methoxy groups -OCH3 is 1. The molecule has 4 rings (SSSR count). The SMILES string of the molecule is COCC(c1ccccc1)n1c(COC(C)C)nc(=O)c(S(=O)(=O)c2ccc(-c3ccncc3C#N)c(F)c2)c1O. The van der Waals surface area contributed by atoms with Crippen molar-refractivity contribution < 1.29 is 27.4 Å². The van der Waals surface area contributed by atoms with E-state index < -0.39 is 42.9 Å².